The van der Waals surface area contributed by atoms with Crippen LogP contribution in [-0.4, -0.2) is 48.3 Å². The monoisotopic (exact) mass is 351 g/mol. The summed E-state index contributed by atoms with van der Waals surface area (Å²) in [5, 5.41) is 14.8. The second-order valence-electron chi connectivity index (χ2n) is 5.96. The average molecular weight is 351 g/mol. The van der Waals surface area contributed by atoms with Gasteiger partial charge < -0.3 is 26.2 Å². The number of benzene rings is 1. The summed E-state index contributed by atoms with van der Waals surface area (Å²) in [7, 11) is 0. The molecule has 3 atom stereocenters. The molecule has 1 saturated heterocycles. The largest absolute Gasteiger partial charge is 0.436 e. The summed E-state index contributed by atoms with van der Waals surface area (Å²) in [5.41, 5.74) is 0.472. The van der Waals surface area contributed by atoms with Crippen molar-refractivity contribution in [2.24, 2.45) is 11.6 Å². The number of nitrogens with two attached hydrogens (primary N) is 1. The molecule has 5 N–H and O–H groups in total. The second-order valence-corrected chi connectivity index (χ2v) is 5.96. The van der Waals surface area contributed by atoms with E-state index in [4.69, 9.17) is 7.56 Å². The molecular formula is C17H23N3O5. The smallest absolute Gasteiger partial charge is 0.405 e. The van der Waals surface area contributed by atoms with Crippen LogP contribution in [-0.2, 0) is 20.7 Å². The highest BCUT2D eigenvalue weighted by atomic mass is 16.6. The highest BCUT2D eigenvalue weighted by molar-refractivity contribution is 5.84. The number of aliphatic hydroxyl groups is 1. The van der Waals surface area contributed by atoms with E-state index in [1.54, 1.807) is 30.3 Å². The summed E-state index contributed by atoms with van der Waals surface area (Å²) in [6, 6.07) is 8.16. The van der Waals surface area contributed by atoms with Gasteiger partial charge in [-0.15, -0.1) is 0 Å². The second kappa shape index (κ2) is 9.03. The molecule has 3 amide bonds. The van der Waals surface area contributed by atoms with Crippen molar-refractivity contribution in [3.63, 3.8) is 0 Å². The minimum Gasteiger partial charge on any atom is -0.436 e. The van der Waals surface area contributed by atoms with Gasteiger partial charge in [0.1, 0.15) is 0 Å². The molecule has 0 saturated carbocycles. The van der Waals surface area contributed by atoms with Gasteiger partial charge in [-0.1, -0.05) is 30.3 Å². The van der Waals surface area contributed by atoms with E-state index in [2.05, 4.69) is 10.6 Å². The van der Waals surface area contributed by atoms with Crippen LogP contribution in [0.15, 0.2) is 30.3 Å². The van der Waals surface area contributed by atoms with Crippen LogP contribution in [0.5, 0.6) is 0 Å². The Kier molecular flexibility index (Phi) is 5.74. The van der Waals surface area contributed by atoms with E-state index in [0.29, 0.717) is 13.0 Å². The maximum atomic E-state index is 12.6. The lowest BCUT2D eigenvalue weighted by molar-refractivity contribution is -0.131. The van der Waals surface area contributed by atoms with Crippen LogP contribution >= 0.6 is 0 Å². The van der Waals surface area contributed by atoms with Gasteiger partial charge in [0, 0.05) is 18.9 Å². The van der Waals surface area contributed by atoms with Crippen LogP contribution in [0, 0.1) is 5.92 Å². The first-order valence-corrected chi connectivity index (χ1v) is 8.12. The molecule has 25 heavy (non-hydrogen) atoms. The predicted octanol–water partition coefficient (Wildman–Crippen LogP) is -0.304. The molecule has 1 heterocycles. The predicted molar refractivity (Wildman–Crippen MR) is 89.4 cm³/mol. The van der Waals surface area contributed by atoms with Crippen molar-refractivity contribution in [1.82, 2.24) is 10.6 Å². The Hall–Kier alpha value is -2.61. The molecule has 0 aromatic heterocycles. The SMILES string of the molecule is [2H]N([2H])C(=O)O[C@@H](Cc1ccccc1)C(=O)N[C@H](CO)C[C@@H]1CCNC1=O. The van der Waals surface area contributed by atoms with Crippen LogP contribution in [0.2, 0.25) is 2.82 Å². The highest BCUT2D eigenvalue weighted by Crippen LogP contribution is 2.16. The van der Waals surface area contributed by atoms with Crippen LogP contribution in [0.3, 0.4) is 0 Å². The molecule has 0 aliphatic carbocycles. The summed E-state index contributed by atoms with van der Waals surface area (Å²) < 4.78 is 18.9. The number of hydrogen-bond acceptors (Lipinski definition) is 5. The number of aliphatic hydroxyl groups excluding tert-OH is 1. The lowest BCUT2D eigenvalue weighted by Crippen LogP contribution is -2.47. The summed E-state index contributed by atoms with van der Waals surface area (Å²) in [4.78, 5) is 35.8. The molecule has 0 spiro atoms. The highest BCUT2D eigenvalue weighted by Gasteiger charge is 2.30. The lowest BCUT2D eigenvalue weighted by atomic mass is 9.98. The molecule has 1 aromatic carbocycles. The van der Waals surface area contributed by atoms with Gasteiger partial charge in [0.05, 0.1) is 12.6 Å². The third kappa shape index (κ3) is 5.75. The Labute approximate surface area is 148 Å². The summed E-state index contributed by atoms with van der Waals surface area (Å²) in [5.74, 6) is -1.07. The first-order valence-electron chi connectivity index (χ1n) is 9.01. The topological polar surface area (TPSA) is 131 Å². The minimum atomic E-state index is -1.29. The molecule has 1 aromatic rings. The Bertz CT molecular complexity index is 659. The van der Waals surface area contributed by atoms with Crippen LogP contribution in [0.4, 0.5) is 4.79 Å². The Morgan fingerprint density at radius 1 is 1.44 bits per heavy atom. The summed E-state index contributed by atoms with van der Waals surface area (Å²) >= 11 is 0. The van der Waals surface area contributed by atoms with E-state index in [0.717, 1.165) is 5.56 Å². The molecule has 0 unspecified atom stereocenters. The Morgan fingerprint density at radius 2 is 2.20 bits per heavy atom. The zero-order chi connectivity index (χ0) is 19.8. The lowest BCUT2D eigenvalue weighted by Gasteiger charge is -2.22. The van der Waals surface area contributed by atoms with Crippen molar-refractivity contribution in [3.05, 3.63) is 35.9 Å². The maximum absolute atomic E-state index is 12.6. The number of ether oxygens (including phenoxy) is 1. The molecule has 1 fully saturated rings. The number of primary amides is 1. The number of nitrogens with one attached hydrogen (secondary N) is 2. The van der Waals surface area contributed by atoms with Crippen molar-refractivity contribution in [2.45, 2.75) is 31.4 Å². The van der Waals surface area contributed by atoms with Crippen molar-refractivity contribution in [2.75, 3.05) is 13.2 Å². The molecule has 0 bridgehead atoms. The van der Waals surface area contributed by atoms with Gasteiger partial charge in [0.15, 0.2) is 8.93 Å². The van der Waals surface area contributed by atoms with Gasteiger partial charge in [0.25, 0.3) is 5.91 Å². The fourth-order valence-corrected chi connectivity index (χ4v) is 2.82. The fourth-order valence-electron chi connectivity index (χ4n) is 2.82. The van der Waals surface area contributed by atoms with Gasteiger partial charge >= 0.3 is 6.09 Å². The van der Waals surface area contributed by atoms with Gasteiger partial charge in [-0.25, -0.2) is 4.79 Å². The summed E-state index contributed by atoms with van der Waals surface area (Å²) in [6.45, 7) is 0.192. The number of carbonyl (C=O) groups is 3. The molecule has 2 rings (SSSR count). The third-order valence-electron chi connectivity index (χ3n) is 4.10. The van der Waals surface area contributed by atoms with E-state index in [1.165, 1.54) is 0 Å². The average Bonchev–Trinajstić information content (AvgIpc) is 3.05. The molecule has 8 heteroatoms. The number of hydrogen-bond donors (Lipinski definition) is 4. The molecule has 136 valence electrons. The van der Waals surface area contributed by atoms with Gasteiger partial charge in [0.2, 0.25) is 5.91 Å². The molecule has 1 aliphatic heterocycles. The van der Waals surface area contributed by atoms with Crippen molar-refractivity contribution in [3.8, 4) is 0 Å². The Morgan fingerprint density at radius 3 is 2.80 bits per heavy atom. The van der Waals surface area contributed by atoms with Crippen molar-refractivity contribution < 1.29 is 27.1 Å². The van der Waals surface area contributed by atoms with Gasteiger partial charge in [-0.05, 0) is 18.4 Å². The zero-order valence-corrected chi connectivity index (χ0v) is 13.7. The normalized spacial score (nSPS) is 19.9. The number of amides is 3. The van der Waals surface area contributed by atoms with E-state index in [1.807, 2.05) is 0 Å². The van der Waals surface area contributed by atoms with Gasteiger partial charge in [-0.2, -0.15) is 0 Å². The van der Waals surface area contributed by atoms with Crippen molar-refractivity contribution >= 4 is 17.9 Å². The maximum Gasteiger partial charge on any atom is 0.405 e. The Balaban J connectivity index is 2.04. The van der Waals surface area contributed by atoms with E-state index < -0.39 is 24.1 Å². The molecule has 8 nitrogen and oxygen atoms in total. The standard InChI is InChI=1S/C17H23N3O5/c18-17(24)25-14(8-11-4-2-1-3-5-11)16(23)20-13(10-21)9-12-6-7-19-15(12)22/h1-5,12-14,21H,6-10H2,(H2,18,24)(H,19,22)(H,20,23)/t12-,13-,14-/m0/s1/i/hD2. The minimum absolute atomic E-state index is 0.0499. The van der Waals surface area contributed by atoms with Gasteiger partial charge in [-0.3, -0.25) is 9.59 Å². The number of rotatable bonds is 8. The fraction of sp³-hybridized carbons (Fsp3) is 0.471. The van der Waals surface area contributed by atoms with E-state index >= 15 is 0 Å². The first-order chi connectivity index (χ1) is 12.9. The molecular weight excluding hydrogens is 326 g/mol. The van der Waals surface area contributed by atoms with Crippen LogP contribution in [0.25, 0.3) is 0 Å². The molecule has 1 aliphatic rings. The quantitative estimate of drug-likeness (QED) is 0.510. The van der Waals surface area contributed by atoms with E-state index in [-0.39, 0.29) is 37.0 Å². The van der Waals surface area contributed by atoms with E-state index in [9.17, 15) is 19.5 Å². The summed E-state index contributed by atoms with van der Waals surface area (Å²) in [6.07, 6.45) is -1.62. The number of carbonyl (C=O) groups excluding carboxylic acids is 3. The first kappa shape index (κ1) is 15.9. The zero-order valence-electron chi connectivity index (χ0n) is 15.7. The third-order valence-corrected chi connectivity index (χ3v) is 4.10. The van der Waals surface area contributed by atoms with Crippen LogP contribution in [0.1, 0.15) is 18.4 Å². The molecule has 0 radical (unpaired) electrons. The van der Waals surface area contributed by atoms with Crippen molar-refractivity contribution in [1.29, 1.82) is 0 Å². The van der Waals surface area contributed by atoms with Crippen LogP contribution < -0.4 is 16.4 Å².